The van der Waals surface area contributed by atoms with Crippen molar-refractivity contribution in [1.82, 2.24) is 5.32 Å². The molecule has 7 nitrogen and oxygen atoms in total. The third-order valence-electron chi connectivity index (χ3n) is 4.17. The predicted molar refractivity (Wildman–Crippen MR) is 120 cm³/mol. The maximum Gasteiger partial charge on any atom is 0.341 e. The van der Waals surface area contributed by atoms with Gasteiger partial charge in [-0.05, 0) is 36.8 Å². The van der Waals surface area contributed by atoms with E-state index in [4.69, 9.17) is 16.3 Å². The van der Waals surface area contributed by atoms with Crippen molar-refractivity contribution < 1.29 is 22.7 Å². The molecule has 0 spiro atoms. The summed E-state index contributed by atoms with van der Waals surface area (Å²) in [5, 5.41) is 2.69. The monoisotopic (exact) mass is 478 g/mol. The van der Waals surface area contributed by atoms with Gasteiger partial charge in [0.05, 0.1) is 15.6 Å². The third-order valence-corrected chi connectivity index (χ3v) is 7.26. The quantitative estimate of drug-likeness (QED) is 0.475. The number of sulfonamides is 1. The second-order valence-electron chi connectivity index (χ2n) is 6.46. The van der Waals surface area contributed by atoms with E-state index in [1.807, 2.05) is 30.3 Å². The Kier molecular flexibility index (Phi) is 7.32. The molecule has 0 bridgehead atoms. The van der Waals surface area contributed by atoms with Gasteiger partial charge in [-0.1, -0.05) is 54.1 Å². The average molecular weight is 479 g/mol. The first-order valence-electron chi connectivity index (χ1n) is 9.16. The topological polar surface area (TPSA) is 102 Å². The zero-order chi connectivity index (χ0) is 22.4. The highest BCUT2D eigenvalue weighted by Crippen LogP contribution is 2.28. The van der Waals surface area contributed by atoms with Crippen LogP contribution in [0.3, 0.4) is 0 Å². The molecule has 162 valence electrons. The van der Waals surface area contributed by atoms with E-state index in [-0.39, 0.29) is 15.5 Å². The summed E-state index contributed by atoms with van der Waals surface area (Å²) in [6.07, 6.45) is -1.07. The largest absolute Gasteiger partial charge is 0.449 e. The third kappa shape index (κ3) is 6.06. The van der Waals surface area contributed by atoms with Crippen molar-refractivity contribution in [2.45, 2.75) is 23.8 Å². The summed E-state index contributed by atoms with van der Waals surface area (Å²) in [6.45, 7) is 1.74. The normalized spacial score (nSPS) is 12.1. The summed E-state index contributed by atoms with van der Waals surface area (Å²) in [4.78, 5) is 24.9. The number of nitrogens with one attached hydrogen (secondary N) is 2. The summed E-state index contributed by atoms with van der Waals surface area (Å²) in [5.41, 5.74) is 0.924. The van der Waals surface area contributed by atoms with Gasteiger partial charge in [0.25, 0.3) is 15.9 Å². The molecule has 31 heavy (non-hydrogen) atoms. The Morgan fingerprint density at radius 1 is 1.03 bits per heavy atom. The lowest BCUT2D eigenvalue weighted by molar-refractivity contribution is -0.129. The first-order valence-corrected chi connectivity index (χ1v) is 11.8. The van der Waals surface area contributed by atoms with Crippen molar-refractivity contribution in [2.75, 3.05) is 4.72 Å². The van der Waals surface area contributed by atoms with Crippen LogP contribution in [0.4, 0.5) is 5.69 Å². The van der Waals surface area contributed by atoms with Crippen molar-refractivity contribution in [3.63, 3.8) is 0 Å². The van der Waals surface area contributed by atoms with Crippen molar-refractivity contribution in [2.24, 2.45) is 0 Å². The smallest absolute Gasteiger partial charge is 0.341 e. The molecule has 0 aliphatic rings. The lowest BCUT2D eigenvalue weighted by Crippen LogP contribution is -2.35. The molecule has 3 aromatic rings. The summed E-state index contributed by atoms with van der Waals surface area (Å²) < 4.78 is 33.1. The van der Waals surface area contributed by atoms with Crippen molar-refractivity contribution in [3.8, 4) is 0 Å². The molecule has 1 atom stereocenters. The van der Waals surface area contributed by atoms with Gasteiger partial charge in [-0.2, -0.15) is 0 Å². The van der Waals surface area contributed by atoms with E-state index in [0.29, 0.717) is 10.9 Å². The van der Waals surface area contributed by atoms with Crippen LogP contribution in [-0.2, 0) is 26.1 Å². The van der Waals surface area contributed by atoms with E-state index in [1.165, 1.54) is 31.2 Å². The number of esters is 1. The van der Waals surface area contributed by atoms with Crippen LogP contribution < -0.4 is 10.0 Å². The molecule has 0 aliphatic carbocycles. The number of benzene rings is 2. The number of carbonyl (C=O) groups is 2. The molecule has 0 saturated carbocycles. The van der Waals surface area contributed by atoms with E-state index in [1.54, 1.807) is 12.1 Å². The highest BCUT2D eigenvalue weighted by molar-refractivity contribution is 7.94. The molecule has 0 radical (unpaired) electrons. The van der Waals surface area contributed by atoms with Gasteiger partial charge in [0.1, 0.15) is 4.21 Å². The Labute approximate surface area is 189 Å². The van der Waals surface area contributed by atoms with Crippen LogP contribution in [0.2, 0.25) is 4.34 Å². The van der Waals surface area contributed by atoms with Crippen LogP contribution in [0, 0.1) is 0 Å². The molecule has 10 heteroatoms. The molecule has 0 unspecified atom stereocenters. The fraction of sp³-hybridized carbons (Fsp3) is 0.143. The maximum atomic E-state index is 12.6. The number of carbonyl (C=O) groups excluding carboxylic acids is 2. The molecule has 0 aliphatic heterocycles. The van der Waals surface area contributed by atoms with Crippen LogP contribution in [0.1, 0.15) is 22.8 Å². The number of anilines is 1. The molecular formula is C21H19ClN2O5S2. The highest BCUT2D eigenvalue weighted by Gasteiger charge is 2.23. The Morgan fingerprint density at radius 2 is 1.71 bits per heavy atom. The van der Waals surface area contributed by atoms with Crippen molar-refractivity contribution in [3.05, 3.63) is 82.2 Å². The molecule has 2 aromatic carbocycles. The fourth-order valence-electron chi connectivity index (χ4n) is 2.59. The van der Waals surface area contributed by atoms with Gasteiger partial charge in [0.15, 0.2) is 6.10 Å². The molecule has 0 fully saturated rings. The van der Waals surface area contributed by atoms with Gasteiger partial charge in [-0.15, -0.1) is 11.3 Å². The molecule has 2 N–H and O–H groups in total. The number of amides is 1. The molecule has 1 aromatic heterocycles. The first-order chi connectivity index (χ1) is 14.8. The van der Waals surface area contributed by atoms with Gasteiger partial charge < -0.3 is 10.1 Å². The second-order valence-corrected chi connectivity index (χ2v) is 10.1. The zero-order valence-electron chi connectivity index (χ0n) is 16.4. The van der Waals surface area contributed by atoms with E-state index < -0.39 is 28.0 Å². The van der Waals surface area contributed by atoms with Crippen LogP contribution in [-0.4, -0.2) is 26.4 Å². The van der Waals surface area contributed by atoms with E-state index >= 15 is 0 Å². The number of rotatable bonds is 8. The minimum atomic E-state index is -3.94. The van der Waals surface area contributed by atoms with Crippen LogP contribution in [0.15, 0.2) is 70.9 Å². The van der Waals surface area contributed by atoms with Gasteiger partial charge in [-0.25, -0.2) is 13.2 Å². The second kappa shape index (κ2) is 9.95. The number of para-hydroxylation sites is 1. The van der Waals surface area contributed by atoms with Gasteiger partial charge in [-0.3, -0.25) is 9.52 Å². The SMILES string of the molecule is C[C@@H](OC(=O)c1ccccc1NS(=O)(=O)c1ccc(Cl)s1)C(=O)NCc1ccccc1. The molecule has 3 rings (SSSR count). The van der Waals surface area contributed by atoms with Gasteiger partial charge >= 0.3 is 5.97 Å². The Bertz CT molecular complexity index is 1180. The lowest BCUT2D eigenvalue weighted by atomic mass is 10.2. The van der Waals surface area contributed by atoms with Crippen molar-refractivity contribution >= 4 is 50.5 Å². The van der Waals surface area contributed by atoms with Crippen LogP contribution in [0.25, 0.3) is 0 Å². The summed E-state index contributed by atoms with van der Waals surface area (Å²) >= 11 is 6.71. The Balaban J connectivity index is 1.67. The van der Waals surface area contributed by atoms with E-state index in [9.17, 15) is 18.0 Å². The summed E-state index contributed by atoms with van der Waals surface area (Å²) in [5.74, 6) is -1.30. The molecular weight excluding hydrogens is 460 g/mol. The predicted octanol–water partition coefficient (Wildman–Crippen LogP) is 4.06. The summed E-state index contributed by atoms with van der Waals surface area (Å²) in [6, 6.07) is 18.1. The van der Waals surface area contributed by atoms with Gasteiger partial charge in [0, 0.05) is 6.54 Å². The maximum absolute atomic E-state index is 12.6. The first kappa shape index (κ1) is 22.8. The van der Waals surface area contributed by atoms with Gasteiger partial charge in [0.2, 0.25) is 0 Å². The highest BCUT2D eigenvalue weighted by atomic mass is 35.5. The Morgan fingerprint density at radius 3 is 2.39 bits per heavy atom. The minimum absolute atomic E-state index is 0.00864. The average Bonchev–Trinajstić information content (AvgIpc) is 3.20. The van der Waals surface area contributed by atoms with E-state index in [2.05, 4.69) is 10.0 Å². The number of hydrogen-bond donors (Lipinski definition) is 2. The van der Waals surface area contributed by atoms with E-state index in [0.717, 1.165) is 16.9 Å². The minimum Gasteiger partial charge on any atom is -0.449 e. The molecule has 1 heterocycles. The number of hydrogen-bond acceptors (Lipinski definition) is 6. The number of thiophene rings is 1. The number of halogens is 1. The van der Waals surface area contributed by atoms with Crippen molar-refractivity contribution in [1.29, 1.82) is 0 Å². The zero-order valence-corrected chi connectivity index (χ0v) is 18.8. The lowest BCUT2D eigenvalue weighted by Gasteiger charge is -2.15. The summed E-state index contributed by atoms with van der Waals surface area (Å²) in [7, 11) is -3.94. The fourth-order valence-corrected chi connectivity index (χ4v) is 5.16. The standard InChI is InChI=1S/C21H19ClN2O5S2/c1-14(20(25)23-13-15-7-3-2-4-8-15)29-21(26)16-9-5-6-10-17(16)24-31(27,28)19-12-11-18(22)30-19/h2-12,14,24H,13H2,1H3,(H,23,25)/t14-/m1/s1. The van der Waals surface area contributed by atoms with Crippen LogP contribution in [0.5, 0.6) is 0 Å². The molecule has 0 saturated heterocycles. The Hall–Kier alpha value is -2.88. The van der Waals surface area contributed by atoms with Crippen LogP contribution >= 0.6 is 22.9 Å². The molecule has 1 amide bonds. The number of ether oxygens (including phenoxy) is 1.